The van der Waals surface area contributed by atoms with Gasteiger partial charge in [-0.2, -0.15) is 4.31 Å². The number of sulfonamides is 1. The van der Waals surface area contributed by atoms with E-state index in [1.54, 1.807) is 18.2 Å². The molecule has 1 aromatic heterocycles. The minimum atomic E-state index is -3.62. The quantitative estimate of drug-likeness (QED) is 0.755. The zero-order chi connectivity index (χ0) is 21.3. The van der Waals surface area contributed by atoms with Crippen LogP contribution in [0.1, 0.15) is 64.8 Å². The molecule has 164 valence electrons. The van der Waals surface area contributed by atoms with Crippen molar-refractivity contribution in [3.8, 4) is 0 Å². The van der Waals surface area contributed by atoms with Crippen LogP contribution in [0.15, 0.2) is 23.1 Å². The van der Waals surface area contributed by atoms with Crippen molar-refractivity contribution < 1.29 is 13.2 Å². The molecule has 1 unspecified atom stereocenters. The molecule has 1 aromatic carbocycles. The van der Waals surface area contributed by atoms with Crippen LogP contribution < -0.4 is 5.32 Å². The van der Waals surface area contributed by atoms with E-state index in [9.17, 15) is 13.2 Å². The molecule has 8 nitrogen and oxygen atoms in total. The van der Waals surface area contributed by atoms with Gasteiger partial charge in [-0.05, 0) is 57.2 Å². The molecule has 1 aliphatic heterocycles. The first-order valence-electron chi connectivity index (χ1n) is 11.1. The number of benzene rings is 1. The minimum absolute atomic E-state index is 0.0852. The number of hydrogen-bond donors (Lipinski definition) is 1. The SMILES string of the molecule is CCC(C)n1nnc2cc(S(=O)(=O)N3CCC(C(=O)NC4CCCC4)CC3)ccc21. The molecule has 9 heteroatoms. The van der Waals surface area contributed by atoms with E-state index in [1.165, 1.54) is 17.1 Å². The number of rotatable bonds is 6. The van der Waals surface area contributed by atoms with Gasteiger partial charge in [0, 0.05) is 25.0 Å². The fraction of sp³-hybridized carbons (Fsp3) is 0.667. The van der Waals surface area contributed by atoms with Crippen molar-refractivity contribution in [1.29, 1.82) is 0 Å². The monoisotopic (exact) mass is 433 g/mol. The van der Waals surface area contributed by atoms with Gasteiger partial charge < -0.3 is 5.32 Å². The van der Waals surface area contributed by atoms with Crippen molar-refractivity contribution in [1.82, 2.24) is 24.6 Å². The van der Waals surface area contributed by atoms with Crippen molar-refractivity contribution in [2.75, 3.05) is 13.1 Å². The van der Waals surface area contributed by atoms with E-state index < -0.39 is 10.0 Å². The van der Waals surface area contributed by atoms with Crippen LogP contribution in [0, 0.1) is 5.92 Å². The minimum Gasteiger partial charge on any atom is -0.353 e. The number of carbonyl (C=O) groups is 1. The zero-order valence-corrected chi connectivity index (χ0v) is 18.6. The predicted molar refractivity (Wildman–Crippen MR) is 114 cm³/mol. The number of hydrogen-bond acceptors (Lipinski definition) is 5. The second-order valence-electron chi connectivity index (χ2n) is 8.61. The molecule has 2 heterocycles. The molecule has 4 rings (SSSR count). The Hall–Kier alpha value is -2.00. The highest BCUT2D eigenvalue weighted by molar-refractivity contribution is 7.89. The van der Waals surface area contributed by atoms with Gasteiger partial charge in [0.05, 0.1) is 16.5 Å². The van der Waals surface area contributed by atoms with Gasteiger partial charge in [0.2, 0.25) is 15.9 Å². The average molecular weight is 434 g/mol. The number of aromatic nitrogens is 3. The first-order valence-corrected chi connectivity index (χ1v) is 12.5. The molecule has 1 N–H and O–H groups in total. The van der Waals surface area contributed by atoms with Gasteiger partial charge in [-0.25, -0.2) is 13.1 Å². The van der Waals surface area contributed by atoms with Crippen LogP contribution in [0.25, 0.3) is 11.0 Å². The molecule has 30 heavy (non-hydrogen) atoms. The lowest BCUT2D eigenvalue weighted by Crippen LogP contribution is -2.44. The summed E-state index contributed by atoms with van der Waals surface area (Å²) in [4.78, 5) is 12.7. The maximum atomic E-state index is 13.2. The molecule has 1 atom stereocenters. The summed E-state index contributed by atoms with van der Waals surface area (Å²) in [6.45, 7) is 4.87. The highest BCUT2D eigenvalue weighted by Gasteiger charge is 2.33. The van der Waals surface area contributed by atoms with Crippen LogP contribution in [0.5, 0.6) is 0 Å². The normalized spacial score (nSPS) is 20.6. The number of carbonyl (C=O) groups excluding carboxylic acids is 1. The molecular formula is C21H31N5O3S. The second kappa shape index (κ2) is 8.63. The number of nitrogens with one attached hydrogen (secondary N) is 1. The molecule has 1 saturated carbocycles. The van der Waals surface area contributed by atoms with Crippen LogP contribution in [0.4, 0.5) is 0 Å². The molecule has 2 aliphatic rings. The lowest BCUT2D eigenvalue weighted by atomic mass is 9.97. The maximum absolute atomic E-state index is 13.2. The summed E-state index contributed by atoms with van der Waals surface area (Å²) >= 11 is 0. The third-order valence-electron chi connectivity index (χ3n) is 6.61. The molecule has 2 fully saturated rings. The van der Waals surface area contributed by atoms with Crippen LogP contribution >= 0.6 is 0 Å². The van der Waals surface area contributed by atoms with E-state index in [-0.39, 0.29) is 22.8 Å². The topological polar surface area (TPSA) is 97.2 Å². The number of nitrogens with zero attached hydrogens (tertiary/aromatic N) is 4. The maximum Gasteiger partial charge on any atom is 0.243 e. The molecule has 0 radical (unpaired) electrons. The number of piperidine rings is 1. The Morgan fingerprint density at radius 1 is 1.20 bits per heavy atom. The third-order valence-corrected chi connectivity index (χ3v) is 8.51. The van der Waals surface area contributed by atoms with Crippen molar-refractivity contribution in [3.63, 3.8) is 0 Å². The van der Waals surface area contributed by atoms with E-state index in [4.69, 9.17) is 0 Å². The van der Waals surface area contributed by atoms with Crippen molar-refractivity contribution in [2.45, 2.75) is 75.8 Å². The van der Waals surface area contributed by atoms with E-state index in [1.807, 2.05) is 4.68 Å². The van der Waals surface area contributed by atoms with Crippen molar-refractivity contribution >= 4 is 27.0 Å². The lowest BCUT2D eigenvalue weighted by Gasteiger charge is -2.31. The Morgan fingerprint density at radius 2 is 1.90 bits per heavy atom. The summed E-state index contributed by atoms with van der Waals surface area (Å²) < 4.78 is 29.6. The van der Waals surface area contributed by atoms with Crippen molar-refractivity contribution in [2.24, 2.45) is 5.92 Å². The van der Waals surface area contributed by atoms with Crippen LogP contribution in [-0.2, 0) is 14.8 Å². The molecule has 1 saturated heterocycles. The first kappa shape index (κ1) is 21.2. The summed E-state index contributed by atoms with van der Waals surface area (Å²) in [5, 5.41) is 11.5. The van der Waals surface area contributed by atoms with Gasteiger partial charge in [0.25, 0.3) is 0 Å². The highest BCUT2D eigenvalue weighted by Crippen LogP contribution is 2.27. The van der Waals surface area contributed by atoms with E-state index in [0.29, 0.717) is 37.5 Å². The lowest BCUT2D eigenvalue weighted by molar-refractivity contribution is -0.126. The summed E-state index contributed by atoms with van der Waals surface area (Å²) in [6.07, 6.45) is 6.51. The Kier molecular flexibility index (Phi) is 6.11. The third kappa shape index (κ3) is 4.09. The molecule has 1 aliphatic carbocycles. The average Bonchev–Trinajstić information content (AvgIpc) is 3.42. The number of amides is 1. The summed E-state index contributed by atoms with van der Waals surface area (Å²) in [5.41, 5.74) is 1.42. The Bertz CT molecular complexity index is 1000. The van der Waals surface area contributed by atoms with Gasteiger partial charge in [-0.15, -0.1) is 5.10 Å². The highest BCUT2D eigenvalue weighted by atomic mass is 32.2. The molecule has 0 bridgehead atoms. The standard InChI is InChI=1S/C21H31N5O3S/c1-3-15(2)26-20-9-8-18(14-19(20)23-24-26)30(28,29)25-12-10-16(11-13-25)21(27)22-17-6-4-5-7-17/h8-9,14-17H,3-7,10-13H2,1-2H3,(H,22,27). The molecular weight excluding hydrogens is 402 g/mol. The van der Waals surface area contributed by atoms with Crippen LogP contribution in [0.3, 0.4) is 0 Å². The van der Waals surface area contributed by atoms with Crippen LogP contribution in [0.2, 0.25) is 0 Å². The fourth-order valence-corrected chi connectivity index (χ4v) is 5.97. The zero-order valence-electron chi connectivity index (χ0n) is 17.7. The van der Waals surface area contributed by atoms with Gasteiger partial charge >= 0.3 is 0 Å². The van der Waals surface area contributed by atoms with Gasteiger partial charge in [-0.1, -0.05) is 25.0 Å². The Morgan fingerprint density at radius 3 is 2.57 bits per heavy atom. The van der Waals surface area contributed by atoms with E-state index in [2.05, 4.69) is 29.5 Å². The molecule has 2 aromatic rings. The van der Waals surface area contributed by atoms with E-state index >= 15 is 0 Å². The summed E-state index contributed by atoms with van der Waals surface area (Å²) in [7, 11) is -3.62. The van der Waals surface area contributed by atoms with E-state index in [0.717, 1.165) is 24.8 Å². The molecule has 1 amide bonds. The molecule has 0 spiro atoms. The summed E-state index contributed by atoms with van der Waals surface area (Å²) in [6, 6.07) is 5.53. The fourth-order valence-electron chi connectivity index (χ4n) is 4.48. The second-order valence-corrected chi connectivity index (χ2v) is 10.5. The van der Waals surface area contributed by atoms with Gasteiger partial charge in [-0.3, -0.25) is 4.79 Å². The Labute approximate surface area is 178 Å². The summed E-state index contributed by atoms with van der Waals surface area (Å²) in [5.74, 6) is -0.0167. The van der Waals surface area contributed by atoms with Gasteiger partial charge in [0.15, 0.2) is 0 Å². The first-order chi connectivity index (χ1) is 14.4. The van der Waals surface area contributed by atoms with Gasteiger partial charge in [0.1, 0.15) is 5.52 Å². The van der Waals surface area contributed by atoms with Crippen LogP contribution in [-0.4, -0.2) is 52.8 Å². The smallest absolute Gasteiger partial charge is 0.243 e. The predicted octanol–water partition coefficient (Wildman–Crippen LogP) is 2.86. The largest absolute Gasteiger partial charge is 0.353 e. The number of fused-ring (bicyclic) bond motifs is 1. The van der Waals surface area contributed by atoms with Crippen molar-refractivity contribution in [3.05, 3.63) is 18.2 Å². The Balaban J connectivity index is 1.43.